The third-order valence-electron chi connectivity index (χ3n) is 4.24. The number of halogens is 1. The zero-order chi connectivity index (χ0) is 15.1. The van der Waals surface area contributed by atoms with Crippen molar-refractivity contribution in [2.24, 2.45) is 11.7 Å². The monoisotopic (exact) mass is 322 g/mol. The van der Waals surface area contributed by atoms with Crippen LogP contribution >= 0.6 is 12.4 Å². The first kappa shape index (κ1) is 18.7. The first-order valence-electron chi connectivity index (χ1n) is 7.90. The molecule has 1 fully saturated rings. The molecule has 1 saturated carbocycles. The van der Waals surface area contributed by atoms with E-state index in [1.165, 1.54) is 5.56 Å². The van der Waals surface area contributed by atoms with Gasteiger partial charge in [-0.2, -0.15) is 0 Å². The largest absolute Gasteiger partial charge is 0.338 e. The van der Waals surface area contributed by atoms with Crippen molar-refractivity contribution in [3.05, 3.63) is 48.6 Å². The van der Waals surface area contributed by atoms with Crippen LogP contribution in [-0.2, 0) is 11.2 Å². The summed E-state index contributed by atoms with van der Waals surface area (Å²) in [4.78, 5) is 14.6. The Balaban J connectivity index is 0.00000242. The van der Waals surface area contributed by atoms with Crippen molar-refractivity contribution in [1.29, 1.82) is 0 Å². The summed E-state index contributed by atoms with van der Waals surface area (Å²) < 4.78 is 0. The zero-order valence-corrected chi connectivity index (χ0v) is 13.9. The van der Waals surface area contributed by atoms with Gasteiger partial charge in [-0.15, -0.1) is 19.0 Å². The number of hydrogen-bond acceptors (Lipinski definition) is 2. The normalized spacial score (nSPS) is 20.8. The highest BCUT2D eigenvalue weighted by molar-refractivity contribution is 5.85. The Morgan fingerprint density at radius 3 is 2.68 bits per heavy atom. The van der Waals surface area contributed by atoms with E-state index < -0.39 is 0 Å². The van der Waals surface area contributed by atoms with Gasteiger partial charge in [0, 0.05) is 25.0 Å². The van der Waals surface area contributed by atoms with Crippen LogP contribution in [0.2, 0.25) is 0 Å². The topological polar surface area (TPSA) is 46.3 Å². The van der Waals surface area contributed by atoms with Gasteiger partial charge in [-0.25, -0.2) is 0 Å². The summed E-state index contributed by atoms with van der Waals surface area (Å²) in [6.07, 6.45) is 6.63. The molecule has 2 unspecified atom stereocenters. The molecule has 0 heterocycles. The SMILES string of the molecule is C=CCN(CCc1ccccc1)C(=O)C1CCCC(N)C1.Cl. The summed E-state index contributed by atoms with van der Waals surface area (Å²) >= 11 is 0. The number of nitrogens with two attached hydrogens (primary N) is 1. The summed E-state index contributed by atoms with van der Waals surface area (Å²) in [6, 6.07) is 10.5. The van der Waals surface area contributed by atoms with Gasteiger partial charge in [-0.05, 0) is 31.2 Å². The molecule has 1 aliphatic rings. The maximum absolute atomic E-state index is 12.7. The van der Waals surface area contributed by atoms with Crippen LogP contribution in [0.1, 0.15) is 31.2 Å². The molecule has 0 aromatic heterocycles. The molecule has 122 valence electrons. The first-order valence-corrected chi connectivity index (χ1v) is 7.90. The fourth-order valence-corrected chi connectivity index (χ4v) is 3.07. The third-order valence-corrected chi connectivity index (χ3v) is 4.24. The summed E-state index contributed by atoms with van der Waals surface area (Å²) in [6.45, 7) is 5.15. The third kappa shape index (κ3) is 5.47. The molecular weight excluding hydrogens is 296 g/mol. The maximum Gasteiger partial charge on any atom is 0.226 e. The van der Waals surface area contributed by atoms with E-state index in [4.69, 9.17) is 5.73 Å². The van der Waals surface area contributed by atoms with Crippen LogP contribution in [0, 0.1) is 5.92 Å². The van der Waals surface area contributed by atoms with E-state index in [1.54, 1.807) is 0 Å². The van der Waals surface area contributed by atoms with E-state index in [2.05, 4.69) is 18.7 Å². The van der Waals surface area contributed by atoms with Crippen LogP contribution in [-0.4, -0.2) is 29.9 Å². The van der Waals surface area contributed by atoms with E-state index in [0.717, 1.165) is 38.6 Å². The fraction of sp³-hybridized carbons (Fsp3) is 0.500. The second-order valence-corrected chi connectivity index (χ2v) is 5.93. The Morgan fingerprint density at radius 1 is 1.32 bits per heavy atom. The molecule has 2 atom stereocenters. The molecule has 22 heavy (non-hydrogen) atoms. The predicted octanol–water partition coefficient (Wildman–Crippen LogP) is 3.18. The van der Waals surface area contributed by atoms with Gasteiger partial charge in [-0.1, -0.05) is 42.8 Å². The smallest absolute Gasteiger partial charge is 0.226 e. The van der Waals surface area contributed by atoms with Gasteiger partial charge in [0.1, 0.15) is 0 Å². The van der Waals surface area contributed by atoms with Gasteiger partial charge < -0.3 is 10.6 Å². The average molecular weight is 323 g/mol. The predicted molar refractivity (Wildman–Crippen MR) is 94.1 cm³/mol. The summed E-state index contributed by atoms with van der Waals surface area (Å²) in [5.41, 5.74) is 7.27. The summed E-state index contributed by atoms with van der Waals surface area (Å²) in [5.74, 6) is 0.352. The number of carbonyl (C=O) groups is 1. The number of carbonyl (C=O) groups excluding carboxylic acids is 1. The lowest BCUT2D eigenvalue weighted by atomic mass is 9.85. The molecule has 3 nitrogen and oxygen atoms in total. The first-order chi connectivity index (χ1) is 10.2. The Bertz CT molecular complexity index is 463. The molecule has 1 aliphatic carbocycles. The van der Waals surface area contributed by atoms with Crippen molar-refractivity contribution in [2.75, 3.05) is 13.1 Å². The number of benzene rings is 1. The maximum atomic E-state index is 12.7. The van der Waals surface area contributed by atoms with Crippen LogP contribution in [0.25, 0.3) is 0 Å². The fourth-order valence-electron chi connectivity index (χ4n) is 3.07. The van der Waals surface area contributed by atoms with Gasteiger partial charge >= 0.3 is 0 Å². The minimum Gasteiger partial charge on any atom is -0.338 e. The van der Waals surface area contributed by atoms with E-state index in [9.17, 15) is 4.79 Å². The van der Waals surface area contributed by atoms with Crippen molar-refractivity contribution in [2.45, 2.75) is 38.1 Å². The molecule has 1 amide bonds. The number of hydrogen-bond donors (Lipinski definition) is 1. The van der Waals surface area contributed by atoms with Crippen LogP contribution in [0.4, 0.5) is 0 Å². The Labute approximate surface area is 140 Å². The van der Waals surface area contributed by atoms with E-state index in [0.29, 0.717) is 6.54 Å². The molecule has 2 N–H and O–H groups in total. The highest BCUT2D eigenvalue weighted by atomic mass is 35.5. The van der Waals surface area contributed by atoms with Gasteiger partial charge in [0.25, 0.3) is 0 Å². The minimum atomic E-state index is 0. The molecule has 0 spiro atoms. The highest BCUT2D eigenvalue weighted by Gasteiger charge is 2.28. The van der Waals surface area contributed by atoms with Crippen molar-refractivity contribution in [3.8, 4) is 0 Å². The molecule has 0 aliphatic heterocycles. The lowest BCUT2D eigenvalue weighted by Crippen LogP contribution is -2.41. The molecule has 2 rings (SSSR count). The minimum absolute atomic E-state index is 0. The molecular formula is C18H27ClN2O. The van der Waals surface area contributed by atoms with Gasteiger partial charge in [0.05, 0.1) is 0 Å². The summed E-state index contributed by atoms with van der Waals surface area (Å²) in [5, 5.41) is 0. The van der Waals surface area contributed by atoms with Crippen molar-refractivity contribution < 1.29 is 4.79 Å². The second-order valence-electron chi connectivity index (χ2n) is 5.93. The molecule has 1 aromatic carbocycles. The molecule has 0 bridgehead atoms. The lowest BCUT2D eigenvalue weighted by molar-refractivity contribution is -0.136. The lowest BCUT2D eigenvalue weighted by Gasteiger charge is -2.31. The van der Waals surface area contributed by atoms with Crippen LogP contribution in [0.5, 0.6) is 0 Å². The standard InChI is InChI=1S/C18H26N2O.ClH/c1-2-12-20(13-11-15-7-4-3-5-8-15)18(21)16-9-6-10-17(19)14-16;/h2-5,7-8,16-17H,1,6,9-14,19H2;1H. The quantitative estimate of drug-likeness (QED) is 0.818. The highest BCUT2D eigenvalue weighted by Crippen LogP contribution is 2.25. The van der Waals surface area contributed by atoms with Gasteiger partial charge in [0.2, 0.25) is 5.91 Å². The van der Waals surface area contributed by atoms with E-state index in [1.807, 2.05) is 29.2 Å². The van der Waals surface area contributed by atoms with Crippen LogP contribution < -0.4 is 5.73 Å². The van der Waals surface area contributed by atoms with Crippen LogP contribution in [0.3, 0.4) is 0 Å². The van der Waals surface area contributed by atoms with E-state index in [-0.39, 0.29) is 30.3 Å². The van der Waals surface area contributed by atoms with Crippen molar-refractivity contribution in [3.63, 3.8) is 0 Å². The molecule has 1 aromatic rings. The molecule has 0 radical (unpaired) electrons. The number of rotatable bonds is 6. The Kier molecular flexibility index (Phi) is 8.21. The zero-order valence-electron chi connectivity index (χ0n) is 13.1. The number of amides is 1. The summed E-state index contributed by atoms with van der Waals surface area (Å²) in [7, 11) is 0. The van der Waals surface area contributed by atoms with Gasteiger partial charge in [0.15, 0.2) is 0 Å². The number of nitrogens with zero attached hydrogens (tertiary/aromatic N) is 1. The Morgan fingerprint density at radius 2 is 2.05 bits per heavy atom. The van der Waals surface area contributed by atoms with Crippen LogP contribution in [0.15, 0.2) is 43.0 Å². The van der Waals surface area contributed by atoms with Gasteiger partial charge in [-0.3, -0.25) is 4.79 Å². The molecule has 0 saturated heterocycles. The second kappa shape index (κ2) is 9.65. The van der Waals surface area contributed by atoms with E-state index >= 15 is 0 Å². The van der Waals surface area contributed by atoms with Crippen molar-refractivity contribution >= 4 is 18.3 Å². The average Bonchev–Trinajstić information content (AvgIpc) is 2.52. The van der Waals surface area contributed by atoms with Crippen molar-refractivity contribution in [1.82, 2.24) is 4.90 Å². The Hall–Kier alpha value is -1.32. The molecule has 4 heteroatoms.